The van der Waals surface area contributed by atoms with E-state index in [1.165, 1.54) is 67.2 Å². The molecule has 0 aromatic heterocycles. The second-order valence-corrected chi connectivity index (χ2v) is 24.9. The largest absolute Gasteiger partial charge is 0.508 e. The lowest BCUT2D eigenvalue weighted by Crippen LogP contribution is -2.61. The molecule has 0 saturated heterocycles. The predicted molar refractivity (Wildman–Crippen MR) is 369 cm³/mol. The van der Waals surface area contributed by atoms with Crippen molar-refractivity contribution in [2.75, 3.05) is 30.1 Å². The van der Waals surface area contributed by atoms with Crippen LogP contribution in [0.3, 0.4) is 0 Å². The predicted octanol–water partition coefficient (Wildman–Crippen LogP) is -2.62. The van der Waals surface area contributed by atoms with Gasteiger partial charge in [-0.1, -0.05) is 98.8 Å². The number of aliphatic carboxylic acids is 2. The SMILES string of the molecule is CSCC[C@H](NC(=O)[C@H](Cc1ccc(O)cc1)NC(=O)[C@H](CS)NC(=O)[C@H](C)NC(=O)[C@H](Cc1ccc(O)cc1)NC(=O)[C@H](Cc1ccccc1)NC(=O)CNC(=O)[C@H](CC(=O)O)NC(=O)[C@H](CS)NC(=O)[C@@H](N)Cc1ccccc1)C(=O)N[C@@H](CC(=O)O)C(=O)N[C@H](C(N)=O)C(C)C. The number of carbonyl (C=O) groups is 14. The molecule has 0 unspecified atom stereocenters. The number of aromatic hydroxyl groups is 2. The third kappa shape index (κ3) is 28.6. The second-order valence-electron chi connectivity index (χ2n) is 23.2. The summed E-state index contributed by atoms with van der Waals surface area (Å²) in [6, 6.07) is 11.7. The molecule has 0 saturated carbocycles. The molecule has 0 aliphatic rings. The molecule has 4 rings (SSSR count). The summed E-state index contributed by atoms with van der Waals surface area (Å²) in [6.45, 7) is 3.51. The van der Waals surface area contributed by atoms with Gasteiger partial charge in [-0.3, -0.25) is 67.1 Å². The number of phenols is 2. The van der Waals surface area contributed by atoms with E-state index in [4.69, 9.17) is 11.5 Å². The molecular formula is C65H85N13O18S3. The lowest BCUT2D eigenvalue weighted by atomic mass is 10.0. The van der Waals surface area contributed by atoms with Gasteiger partial charge in [-0.05, 0) is 84.2 Å². The lowest BCUT2D eigenvalue weighted by molar-refractivity contribution is -0.142. The number of carboxylic acid groups (broad SMARTS) is 2. The fourth-order valence-corrected chi connectivity index (χ4v) is 10.5. The Morgan fingerprint density at radius 2 is 0.778 bits per heavy atom. The molecule has 0 spiro atoms. The monoisotopic (exact) mass is 1430 g/mol. The maximum atomic E-state index is 14.5. The van der Waals surface area contributed by atoms with Crippen molar-refractivity contribution in [1.82, 2.24) is 58.5 Å². The number of thioether (sulfide) groups is 1. The van der Waals surface area contributed by atoms with Gasteiger partial charge in [0.25, 0.3) is 0 Å². The van der Waals surface area contributed by atoms with E-state index < -0.39 is 180 Å². The van der Waals surface area contributed by atoms with Crippen LogP contribution in [-0.2, 0) is 92.8 Å². The molecule has 4 aromatic rings. The van der Waals surface area contributed by atoms with Crippen LogP contribution in [0, 0.1) is 5.92 Å². The molecule has 12 amide bonds. The van der Waals surface area contributed by atoms with Gasteiger partial charge in [0.1, 0.15) is 71.9 Å². The summed E-state index contributed by atoms with van der Waals surface area (Å²) in [7, 11) is 0. The van der Waals surface area contributed by atoms with Crippen LogP contribution in [-0.4, -0.2) is 200 Å². The number of rotatable bonds is 41. The maximum absolute atomic E-state index is 14.5. The number of benzene rings is 4. The molecular weight excluding hydrogens is 1350 g/mol. The molecule has 34 heteroatoms. The van der Waals surface area contributed by atoms with Crippen molar-refractivity contribution in [3.05, 3.63) is 131 Å². The van der Waals surface area contributed by atoms with Crippen LogP contribution in [0.4, 0.5) is 0 Å². The minimum Gasteiger partial charge on any atom is -0.508 e. The lowest BCUT2D eigenvalue weighted by Gasteiger charge is -2.27. The van der Waals surface area contributed by atoms with Crippen LogP contribution in [0.2, 0.25) is 0 Å². The topological polar surface area (TPSA) is 504 Å². The van der Waals surface area contributed by atoms with E-state index in [0.717, 1.165) is 5.56 Å². The van der Waals surface area contributed by atoms with Crippen LogP contribution < -0.4 is 70.0 Å². The first-order valence-corrected chi connectivity index (χ1v) is 33.7. The van der Waals surface area contributed by atoms with Crippen molar-refractivity contribution in [1.29, 1.82) is 0 Å². The van der Waals surface area contributed by atoms with Crippen LogP contribution in [0.5, 0.6) is 11.5 Å². The zero-order chi connectivity index (χ0) is 73.5. The number of nitrogens with one attached hydrogen (secondary N) is 11. The Labute approximate surface area is 585 Å². The van der Waals surface area contributed by atoms with Gasteiger partial charge in [0.05, 0.1) is 25.4 Å². The molecule has 19 N–H and O–H groups in total. The summed E-state index contributed by atoms with van der Waals surface area (Å²) in [5.41, 5.74) is 13.5. The first-order chi connectivity index (χ1) is 46.9. The number of primary amides is 1. The Balaban J connectivity index is 1.52. The molecule has 0 aliphatic carbocycles. The highest BCUT2D eigenvalue weighted by molar-refractivity contribution is 7.98. The van der Waals surface area contributed by atoms with E-state index >= 15 is 0 Å². The second kappa shape index (κ2) is 41.4. The average molecular weight is 1430 g/mol. The molecule has 11 atom stereocenters. The Kier molecular flexibility index (Phi) is 34.0. The molecule has 4 aromatic carbocycles. The maximum Gasteiger partial charge on any atom is 0.305 e. The summed E-state index contributed by atoms with van der Waals surface area (Å²) < 4.78 is 0. The third-order valence-corrected chi connectivity index (χ3v) is 16.3. The summed E-state index contributed by atoms with van der Waals surface area (Å²) in [5, 5.41) is 66.2. The number of amides is 12. The number of nitrogens with two attached hydrogens (primary N) is 2. The van der Waals surface area contributed by atoms with Gasteiger partial charge in [0.15, 0.2) is 0 Å². The molecule has 31 nitrogen and oxygen atoms in total. The first kappa shape index (κ1) is 81.5. The highest BCUT2D eigenvalue weighted by Gasteiger charge is 2.36. The third-order valence-electron chi connectivity index (χ3n) is 14.9. The summed E-state index contributed by atoms with van der Waals surface area (Å²) in [5.74, 6) is -16.0. The van der Waals surface area contributed by atoms with E-state index in [2.05, 4.69) is 83.7 Å². The highest BCUT2D eigenvalue weighted by Crippen LogP contribution is 2.16. The van der Waals surface area contributed by atoms with E-state index in [9.17, 15) is 87.5 Å². The minimum absolute atomic E-state index is 0.0816. The van der Waals surface area contributed by atoms with Crippen LogP contribution in [0.1, 0.15) is 62.3 Å². The van der Waals surface area contributed by atoms with Crippen LogP contribution >= 0.6 is 37.0 Å². The molecule has 0 fully saturated rings. The summed E-state index contributed by atoms with van der Waals surface area (Å²) in [4.78, 5) is 188. The van der Waals surface area contributed by atoms with Crippen molar-refractivity contribution >= 4 is 120 Å². The number of hydrogen-bond acceptors (Lipinski definition) is 20. The highest BCUT2D eigenvalue weighted by atomic mass is 32.2. The van der Waals surface area contributed by atoms with E-state index in [1.807, 2.05) is 0 Å². The zero-order valence-electron chi connectivity index (χ0n) is 54.6. The Bertz CT molecular complexity index is 3450. The number of carboxylic acids is 2. The van der Waals surface area contributed by atoms with E-state index in [1.54, 1.807) is 80.8 Å². The Morgan fingerprint density at radius 1 is 0.424 bits per heavy atom. The molecule has 0 radical (unpaired) electrons. The fourth-order valence-electron chi connectivity index (χ4n) is 9.51. The van der Waals surface area contributed by atoms with Gasteiger partial charge in [-0.2, -0.15) is 37.0 Å². The van der Waals surface area contributed by atoms with Gasteiger partial charge < -0.3 is 90.4 Å². The van der Waals surface area contributed by atoms with E-state index in [0.29, 0.717) is 16.7 Å². The van der Waals surface area contributed by atoms with Gasteiger partial charge in [0.2, 0.25) is 70.9 Å². The molecule has 536 valence electrons. The smallest absolute Gasteiger partial charge is 0.305 e. The number of phenolic OH excluding ortho intramolecular Hbond substituents is 2. The zero-order valence-corrected chi connectivity index (χ0v) is 57.2. The van der Waals surface area contributed by atoms with Crippen molar-refractivity contribution in [2.24, 2.45) is 17.4 Å². The molecule has 0 aliphatic heterocycles. The van der Waals surface area contributed by atoms with Crippen LogP contribution in [0.25, 0.3) is 0 Å². The summed E-state index contributed by atoms with van der Waals surface area (Å²) in [6.07, 6.45) is -0.961. The molecule has 99 heavy (non-hydrogen) atoms. The Hall–Kier alpha value is -9.93. The van der Waals surface area contributed by atoms with Gasteiger partial charge in [0, 0.05) is 30.8 Å². The van der Waals surface area contributed by atoms with Gasteiger partial charge in [-0.25, -0.2) is 0 Å². The number of thiol groups is 2. The van der Waals surface area contributed by atoms with Crippen molar-refractivity contribution in [2.45, 2.75) is 132 Å². The molecule has 0 bridgehead atoms. The van der Waals surface area contributed by atoms with Crippen molar-refractivity contribution in [3.63, 3.8) is 0 Å². The summed E-state index contributed by atoms with van der Waals surface area (Å²) >= 11 is 9.68. The standard InChI is InChI=1S/C65H85N13O18S3/c1-34(2)54(55(67)86)78-63(94)48(30-53(84)85)75-59(90)43(23-24-99-4)71-62(93)46(28-39-17-21-41(80)22-18-39)73-64(95)49(32-97)76-56(87)35(3)69-60(91)45(27-38-15-19-40(79)20-16-38)72-61(92)44(26-37-13-9-6-10-14-37)70-51(81)31-68-58(89)47(29-52(82)83)74-65(96)50(33-98)77-57(88)42(66)25-36-11-7-5-8-12-36/h5-22,34-35,42-50,54,79-80,97-98H,23-33,66H2,1-4H3,(H2,67,86)(H,68,89)(H,69,91)(H,70,81)(H,71,93)(H,72,92)(H,73,95)(H,74,96)(H,75,90)(H,76,87)(H,77,88)(H,78,94)(H,82,83)(H,84,85)/t35-,42-,43-,44-,45-,46-,47-,48-,49-,50-,54-/m0/s1. The average Bonchev–Trinajstić information content (AvgIpc) is 0.867. The number of hydrogen-bond donors (Lipinski definition) is 19. The first-order valence-electron chi connectivity index (χ1n) is 31.0. The molecule has 0 heterocycles. The normalized spacial score (nSPS) is 14.3. The minimum atomic E-state index is -1.80. The van der Waals surface area contributed by atoms with Gasteiger partial charge in [-0.15, -0.1) is 0 Å². The van der Waals surface area contributed by atoms with Gasteiger partial charge >= 0.3 is 11.9 Å². The fraction of sp³-hybridized carbons (Fsp3) is 0.415. The van der Waals surface area contributed by atoms with E-state index in [-0.39, 0.29) is 55.1 Å². The number of carbonyl (C=O) groups excluding carboxylic acids is 12. The Morgan fingerprint density at radius 3 is 1.20 bits per heavy atom. The van der Waals surface area contributed by atoms with Crippen molar-refractivity contribution < 1.29 is 87.5 Å². The van der Waals surface area contributed by atoms with Crippen molar-refractivity contribution in [3.8, 4) is 11.5 Å². The van der Waals surface area contributed by atoms with Crippen LogP contribution in [0.15, 0.2) is 109 Å². The quantitative estimate of drug-likeness (QED) is 0.0202.